The lowest BCUT2D eigenvalue weighted by molar-refractivity contribution is -0.119. The van der Waals surface area contributed by atoms with Crippen molar-refractivity contribution in [3.05, 3.63) is 42.0 Å². The van der Waals surface area contributed by atoms with E-state index in [-0.39, 0.29) is 11.9 Å². The van der Waals surface area contributed by atoms with Gasteiger partial charge in [0.15, 0.2) is 0 Å². The molecule has 7 heteroatoms. The monoisotopic (exact) mass is 342 g/mol. The molecule has 0 aliphatic carbocycles. The van der Waals surface area contributed by atoms with Crippen LogP contribution in [0.1, 0.15) is 63.0 Å². The first-order chi connectivity index (χ1) is 12.0. The third-order valence-electron chi connectivity index (χ3n) is 4.56. The standard InChI is InChI=1S/C18H26N6O/c1-13(2)24-10-8-19-17(24)12-23-9-4-5-16(23)18-20-7-6-15(22-18)11-21-14(3)25/h6-8,10,13,16H,4-5,9,11-12H2,1-3H3,(H,21,25)/t16-/m1/s1. The number of nitrogens with one attached hydrogen (secondary N) is 1. The fraction of sp³-hybridized carbons (Fsp3) is 0.556. The summed E-state index contributed by atoms with van der Waals surface area (Å²) in [6.45, 7) is 8.11. The predicted molar refractivity (Wildman–Crippen MR) is 94.5 cm³/mol. The van der Waals surface area contributed by atoms with Crippen molar-refractivity contribution in [1.29, 1.82) is 0 Å². The van der Waals surface area contributed by atoms with Gasteiger partial charge in [-0.15, -0.1) is 0 Å². The molecule has 1 atom stereocenters. The second kappa shape index (κ2) is 7.74. The SMILES string of the molecule is CC(=O)NCc1ccnc([C@H]2CCCN2Cc2nccn2C(C)C)n1. The predicted octanol–water partition coefficient (Wildman–Crippen LogP) is 2.23. The third-order valence-corrected chi connectivity index (χ3v) is 4.56. The lowest BCUT2D eigenvalue weighted by Crippen LogP contribution is -2.27. The number of hydrogen-bond donors (Lipinski definition) is 1. The maximum Gasteiger partial charge on any atom is 0.217 e. The first-order valence-corrected chi connectivity index (χ1v) is 8.86. The molecular formula is C18H26N6O. The Balaban J connectivity index is 1.74. The topological polar surface area (TPSA) is 75.9 Å². The quantitative estimate of drug-likeness (QED) is 0.871. The molecule has 0 aromatic carbocycles. The molecular weight excluding hydrogens is 316 g/mol. The molecule has 1 N–H and O–H groups in total. The number of carbonyl (C=O) groups is 1. The molecule has 0 radical (unpaired) electrons. The van der Waals surface area contributed by atoms with E-state index in [1.807, 2.05) is 18.5 Å². The van der Waals surface area contributed by atoms with Gasteiger partial charge in [0.1, 0.15) is 11.6 Å². The van der Waals surface area contributed by atoms with Crippen LogP contribution >= 0.6 is 0 Å². The summed E-state index contributed by atoms with van der Waals surface area (Å²) in [5.74, 6) is 1.86. The molecule has 0 spiro atoms. The summed E-state index contributed by atoms with van der Waals surface area (Å²) in [6, 6.07) is 2.45. The van der Waals surface area contributed by atoms with Crippen LogP contribution in [0, 0.1) is 0 Å². The summed E-state index contributed by atoms with van der Waals surface area (Å²) >= 11 is 0. The van der Waals surface area contributed by atoms with Gasteiger partial charge in [0, 0.05) is 31.6 Å². The van der Waals surface area contributed by atoms with E-state index >= 15 is 0 Å². The van der Waals surface area contributed by atoms with Crippen molar-refractivity contribution in [1.82, 2.24) is 29.7 Å². The molecule has 3 heterocycles. The highest BCUT2D eigenvalue weighted by atomic mass is 16.1. The lowest BCUT2D eigenvalue weighted by atomic mass is 10.2. The van der Waals surface area contributed by atoms with E-state index in [1.165, 1.54) is 6.92 Å². The van der Waals surface area contributed by atoms with Gasteiger partial charge in [0.25, 0.3) is 0 Å². The number of carbonyl (C=O) groups excluding carboxylic acids is 1. The Labute approximate surface area is 148 Å². The van der Waals surface area contributed by atoms with Crippen LogP contribution in [0.2, 0.25) is 0 Å². The minimum absolute atomic E-state index is 0.0526. The molecule has 0 saturated carbocycles. The second-order valence-electron chi connectivity index (χ2n) is 6.79. The molecule has 1 aliphatic rings. The zero-order valence-electron chi connectivity index (χ0n) is 15.1. The van der Waals surface area contributed by atoms with Crippen molar-refractivity contribution in [3.63, 3.8) is 0 Å². The van der Waals surface area contributed by atoms with Crippen molar-refractivity contribution in [3.8, 4) is 0 Å². The largest absolute Gasteiger partial charge is 0.351 e. The molecule has 1 aliphatic heterocycles. The Bertz CT molecular complexity index is 726. The zero-order chi connectivity index (χ0) is 17.8. The Morgan fingerprint density at radius 1 is 1.36 bits per heavy atom. The van der Waals surface area contributed by atoms with Gasteiger partial charge in [0.05, 0.1) is 24.8 Å². The summed E-state index contributed by atoms with van der Waals surface area (Å²) in [5.41, 5.74) is 0.843. The van der Waals surface area contributed by atoms with Gasteiger partial charge >= 0.3 is 0 Å². The summed E-state index contributed by atoms with van der Waals surface area (Å²) in [4.78, 5) is 27.2. The number of likely N-dealkylation sites (tertiary alicyclic amines) is 1. The van der Waals surface area contributed by atoms with Crippen LogP contribution in [0.15, 0.2) is 24.7 Å². The number of aromatic nitrogens is 4. The van der Waals surface area contributed by atoms with Gasteiger partial charge in [-0.2, -0.15) is 0 Å². The Morgan fingerprint density at radius 2 is 2.20 bits per heavy atom. The van der Waals surface area contributed by atoms with Gasteiger partial charge in [-0.25, -0.2) is 15.0 Å². The van der Waals surface area contributed by atoms with Gasteiger partial charge in [-0.3, -0.25) is 9.69 Å². The third kappa shape index (κ3) is 4.22. The minimum atomic E-state index is -0.0526. The Morgan fingerprint density at radius 3 is 2.96 bits per heavy atom. The van der Waals surface area contributed by atoms with E-state index in [1.54, 1.807) is 6.20 Å². The molecule has 0 bridgehead atoms. The summed E-state index contributed by atoms with van der Waals surface area (Å²) in [7, 11) is 0. The van der Waals surface area contributed by atoms with E-state index < -0.39 is 0 Å². The number of nitrogens with zero attached hydrogens (tertiary/aromatic N) is 5. The Kier molecular flexibility index (Phi) is 5.43. The molecule has 7 nitrogen and oxygen atoms in total. The summed E-state index contributed by atoms with van der Waals surface area (Å²) in [6.07, 6.45) is 7.87. The molecule has 134 valence electrons. The highest BCUT2D eigenvalue weighted by Gasteiger charge is 2.29. The van der Waals surface area contributed by atoms with Crippen LogP contribution < -0.4 is 5.32 Å². The maximum absolute atomic E-state index is 11.1. The first-order valence-electron chi connectivity index (χ1n) is 8.86. The van der Waals surface area contributed by atoms with Gasteiger partial charge in [-0.05, 0) is 39.3 Å². The van der Waals surface area contributed by atoms with Crippen molar-refractivity contribution >= 4 is 5.91 Å². The van der Waals surface area contributed by atoms with Gasteiger partial charge in [0.2, 0.25) is 5.91 Å². The van der Waals surface area contributed by atoms with Crippen LogP contribution in [0.3, 0.4) is 0 Å². The Hall–Kier alpha value is -2.28. The van der Waals surface area contributed by atoms with E-state index in [2.05, 4.69) is 43.6 Å². The molecule has 1 amide bonds. The average molecular weight is 342 g/mol. The summed E-state index contributed by atoms with van der Waals surface area (Å²) in [5, 5.41) is 2.79. The summed E-state index contributed by atoms with van der Waals surface area (Å²) < 4.78 is 2.21. The number of hydrogen-bond acceptors (Lipinski definition) is 5. The minimum Gasteiger partial charge on any atom is -0.351 e. The van der Waals surface area contributed by atoms with E-state index in [9.17, 15) is 4.79 Å². The zero-order valence-corrected chi connectivity index (χ0v) is 15.1. The van der Waals surface area contributed by atoms with Crippen molar-refractivity contribution in [2.24, 2.45) is 0 Å². The fourth-order valence-electron chi connectivity index (χ4n) is 3.31. The van der Waals surface area contributed by atoms with Crippen LogP contribution in [0.5, 0.6) is 0 Å². The van der Waals surface area contributed by atoms with Gasteiger partial charge in [-0.1, -0.05) is 0 Å². The maximum atomic E-state index is 11.1. The molecule has 3 rings (SSSR count). The first kappa shape index (κ1) is 17.5. The van der Waals surface area contributed by atoms with Gasteiger partial charge < -0.3 is 9.88 Å². The molecule has 0 unspecified atom stereocenters. The molecule has 2 aromatic rings. The number of imidazole rings is 1. The number of amides is 1. The molecule has 25 heavy (non-hydrogen) atoms. The molecule has 1 saturated heterocycles. The van der Waals surface area contributed by atoms with E-state index in [0.717, 1.165) is 43.3 Å². The van der Waals surface area contributed by atoms with Crippen LogP contribution in [0.25, 0.3) is 0 Å². The van der Waals surface area contributed by atoms with Crippen LogP contribution in [-0.4, -0.2) is 36.9 Å². The number of rotatable bonds is 6. The van der Waals surface area contributed by atoms with Crippen molar-refractivity contribution in [2.75, 3.05) is 6.54 Å². The lowest BCUT2D eigenvalue weighted by Gasteiger charge is -2.24. The van der Waals surface area contributed by atoms with E-state index in [0.29, 0.717) is 12.6 Å². The fourth-order valence-corrected chi connectivity index (χ4v) is 3.31. The van der Waals surface area contributed by atoms with Crippen molar-refractivity contribution < 1.29 is 4.79 Å². The smallest absolute Gasteiger partial charge is 0.217 e. The second-order valence-corrected chi connectivity index (χ2v) is 6.79. The van der Waals surface area contributed by atoms with Crippen molar-refractivity contribution in [2.45, 2.75) is 58.8 Å². The molecule has 2 aromatic heterocycles. The van der Waals surface area contributed by atoms with Crippen LogP contribution in [-0.2, 0) is 17.9 Å². The average Bonchev–Trinajstić information content (AvgIpc) is 3.23. The highest BCUT2D eigenvalue weighted by Crippen LogP contribution is 2.31. The highest BCUT2D eigenvalue weighted by molar-refractivity contribution is 5.72. The van der Waals surface area contributed by atoms with E-state index in [4.69, 9.17) is 0 Å². The molecule has 1 fully saturated rings. The van der Waals surface area contributed by atoms with Crippen LogP contribution in [0.4, 0.5) is 0 Å². The normalized spacial score (nSPS) is 18.0.